The highest BCUT2D eigenvalue weighted by molar-refractivity contribution is 5.82. The first-order chi connectivity index (χ1) is 17.5. The Morgan fingerprint density at radius 2 is 1.75 bits per heavy atom. The summed E-state index contributed by atoms with van der Waals surface area (Å²) in [7, 11) is 0. The molecule has 6 heteroatoms. The van der Waals surface area contributed by atoms with Gasteiger partial charge in [0.25, 0.3) is 0 Å². The first kappa shape index (κ1) is 24.7. The van der Waals surface area contributed by atoms with Crippen LogP contribution in [0, 0.1) is 17.8 Å². The van der Waals surface area contributed by atoms with E-state index in [2.05, 4.69) is 89.3 Å². The van der Waals surface area contributed by atoms with Crippen LogP contribution in [-0.4, -0.2) is 36.0 Å². The van der Waals surface area contributed by atoms with Crippen LogP contribution in [0.3, 0.4) is 0 Å². The Morgan fingerprint density at radius 1 is 1.00 bits per heavy atom. The van der Waals surface area contributed by atoms with E-state index < -0.39 is 0 Å². The van der Waals surface area contributed by atoms with Crippen molar-refractivity contribution in [1.29, 1.82) is 0 Å². The molecule has 36 heavy (non-hydrogen) atoms. The van der Waals surface area contributed by atoms with Gasteiger partial charge in [0.1, 0.15) is 0 Å². The average molecular weight is 489 g/mol. The van der Waals surface area contributed by atoms with Crippen LogP contribution in [0.1, 0.15) is 75.6 Å². The van der Waals surface area contributed by atoms with Gasteiger partial charge in [-0.2, -0.15) is 0 Å². The highest BCUT2D eigenvalue weighted by atomic mass is 16.2. The Bertz CT molecular complexity index is 1060. The predicted molar refractivity (Wildman–Crippen MR) is 144 cm³/mol. The minimum Gasteiger partial charge on any atom is -0.378 e. The topological polar surface area (TPSA) is 73.5 Å². The van der Waals surface area contributed by atoms with Crippen LogP contribution in [-0.2, 0) is 4.79 Å². The van der Waals surface area contributed by atoms with E-state index in [9.17, 15) is 9.59 Å². The number of para-hydroxylation sites is 1. The van der Waals surface area contributed by atoms with Crippen molar-refractivity contribution in [1.82, 2.24) is 15.5 Å². The number of nitrogens with zero attached hydrogens (tertiary/aromatic N) is 1. The largest absolute Gasteiger partial charge is 0.378 e. The third-order valence-electron chi connectivity index (χ3n) is 8.31. The van der Waals surface area contributed by atoms with Gasteiger partial charge in [0, 0.05) is 30.7 Å². The number of rotatable bonds is 6. The van der Waals surface area contributed by atoms with Crippen molar-refractivity contribution in [2.75, 3.05) is 18.4 Å². The van der Waals surface area contributed by atoms with E-state index in [0.717, 1.165) is 50.8 Å². The molecule has 1 aliphatic carbocycles. The van der Waals surface area contributed by atoms with Gasteiger partial charge in [-0.1, -0.05) is 75.2 Å². The summed E-state index contributed by atoms with van der Waals surface area (Å²) < 4.78 is 0. The predicted octanol–water partition coefficient (Wildman–Crippen LogP) is 5.65. The van der Waals surface area contributed by atoms with Crippen LogP contribution in [0.2, 0.25) is 0 Å². The third kappa shape index (κ3) is 5.09. The van der Waals surface area contributed by atoms with E-state index in [0.29, 0.717) is 18.4 Å². The second-order valence-electron chi connectivity index (χ2n) is 11.1. The van der Waals surface area contributed by atoms with Gasteiger partial charge in [-0.05, 0) is 48.8 Å². The molecule has 1 saturated heterocycles. The Kier molecular flexibility index (Phi) is 7.49. The first-order valence-corrected chi connectivity index (χ1v) is 13.8. The summed E-state index contributed by atoms with van der Waals surface area (Å²) in [4.78, 5) is 28.9. The fourth-order valence-corrected chi connectivity index (χ4v) is 6.47. The molecule has 192 valence electrons. The molecule has 0 aromatic heterocycles. The lowest BCUT2D eigenvalue weighted by Gasteiger charge is -2.42. The summed E-state index contributed by atoms with van der Waals surface area (Å²) in [5.41, 5.74) is 3.61. The number of fused-ring (bicyclic) bond motifs is 3. The molecular formula is C30H40N4O2. The highest BCUT2D eigenvalue weighted by Gasteiger charge is 2.48. The van der Waals surface area contributed by atoms with E-state index in [4.69, 9.17) is 0 Å². The summed E-state index contributed by atoms with van der Waals surface area (Å²) in [6.45, 7) is 5.73. The Morgan fingerprint density at radius 3 is 2.56 bits per heavy atom. The molecule has 5 rings (SSSR count). The van der Waals surface area contributed by atoms with Crippen LogP contribution in [0.5, 0.6) is 0 Å². The van der Waals surface area contributed by atoms with Crippen molar-refractivity contribution in [3.8, 4) is 0 Å². The van der Waals surface area contributed by atoms with E-state index >= 15 is 0 Å². The molecular weight excluding hydrogens is 448 g/mol. The number of hydrogen-bond acceptors (Lipinski definition) is 3. The fourth-order valence-electron chi connectivity index (χ4n) is 6.47. The molecule has 0 unspecified atom stereocenters. The van der Waals surface area contributed by atoms with Crippen molar-refractivity contribution in [2.24, 2.45) is 17.8 Å². The summed E-state index contributed by atoms with van der Waals surface area (Å²) in [5, 5.41) is 9.94. The molecule has 0 bridgehead atoms. The van der Waals surface area contributed by atoms with Crippen LogP contribution in [0.4, 0.5) is 10.5 Å². The quantitative estimate of drug-likeness (QED) is 0.492. The molecule has 3 aliphatic rings. The molecule has 5 atom stereocenters. The lowest BCUT2D eigenvalue weighted by atomic mass is 9.79. The molecule has 2 aliphatic heterocycles. The first-order valence-electron chi connectivity index (χ1n) is 13.8. The minimum atomic E-state index is -0.162. The maximum Gasteiger partial charge on any atom is 0.315 e. The van der Waals surface area contributed by atoms with Gasteiger partial charge >= 0.3 is 6.03 Å². The number of urea groups is 1. The molecule has 3 N–H and O–H groups in total. The molecule has 2 aromatic carbocycles. The number of hydrogen-bond donors (Lipinski definition) is 3. The fraction of sp³-hybridized carbons (Fsp3) is 0.533. The van der Waals surface area contributed by atoms with E-state index in [1.165, 1.54) is 11.1 Å². The van der Waals surface area contributed by atoms with Gasteiger partial charge in [-0.3, -0.25) is 4.79 Å². The number of amides is 3. The second-order valence-corrected chi connectivity index (χ2v) is 11.1. The molecule has 2 fully saturated rings. The zero-order valence-corrected chi connectivity index (χ0v) is 21.6. The molecule has 2 aromatic rings. The van der Waals surface area contributed by atoms with Crippen molar-refractivity contribution in [3.63, 3.8) is 0 Å². The van der Waals surface area contributed by atoms with Gasteiger partial charge in [0.15, 0.2) is 0 Å². The van der Waals surface area contributed by atoms with E-state index in [1.807, 2.05) is 0 Å². The lowest BCUT2D eigenvalue weighted by Crippen LogP contribution is -2.52. The standard InChI is InChI=1S/C30H40N4O2/c1-20(2)16-18-31-30(36)33-26-15-9-7-13-23(26)29(35)34-19-17-24-27(21-10-4-3-5-11-21)32-25-14-8-6-12-22(25)28(24)34/h3-6,8,10-12,14,20,23-24,26-28,32H,7,9,13,15-19H2,1-2H3,(H2,31,33,36)/t23-,24-,26+,27-,28-/m0/s1. The maximum atomic E-state index is 14.1. The SMILES string of the molecule is CC(C)CCNC(=O)N[C@@H]1CCCC[C@@H]1C(=O)N1CC[C@H]2[C@H](c3ccccc3)Nc3ccccc3[C@@H]21. The number of likely N-dealkylation sites (tertiary alicyclic amines) is 1. The van der Waals surface area contributed by atoms with Gasteiger partial charge < -0.3 is 20.9 Å². The van der Waals surface area contributed by atoms with Crippen LogP contribution in [0.15, 0.2) is 54.6 Å². The molecule has 2 heterocycles. The minimum absolute atomic E-state index is 0.0580. The number of nitrogens with one attached hydrogen (secondary N) is 3. The normalized spacial score (nSPS) is 27.1. The van der Waals surface area contributed by atoms with Gasteiger partial charge in [-0.15, -0.1) is 0 Å². The van der Waals surface area contributed by atoms with Crippen molar-refractivity contribution >= 4 is 17.6 Å². The zero-order valence-electron chi connectivity index (χ0n) is 21.6. The Hall–Kier alpha value is -3.02. The highest BCUT2D eigenvalue weighted by Crippen LogP contribution is 2.51. The lowest BCUT2D eigenvalue weighted by molar-refractivity contribution is -0.138. The summed E-state index contributed by atoms with van der Waals surface area (Å²) >= 11 is 0. The molecule has 3 amide bonds. The van der Waals surface area contributed by atoms with Crippen molar-refractivity contribution in [2.45, 2.75) is 70.5 Å². The monoisotopic (exact) mass is 488 g/mol. The van der Waals surface area contributed by atoms with Crippen molar-refractivity contribution in [3.05, 3.63) is 65.7 Å². The van der Waals surface area contributed by atoms with Gasteiger partial charge in [0.05, 0.1) is 18.0 Å². The smallest absolute Gasteiger partial charge is 0.315 e. The number of benzene rings is 2. The van der Waals surface area contributed by atoms with Crippen molar-refractivity contribution < 1.29 is 9.59 Å². The molecule has 0 radical (unpaired) electrons. The molecule has 1 saturated carbocycles. The maximum absolute atomic E-state index is 14.1. The van der Waals surface area contributed by atoms with Gasteiger partial charge in [0.2, 0.25) is 5.91 Å². The second kappa shape index (κ2) is 10.9. The number of carbonyl (C=O) groups is 2. The van der Waals surface area contributed by atoms with E-state index in [-0.39, 0.29) is 36.0 Å². The average Bonchev–Trinajstić information content (AvgIpc) is 3.34. The molecule has 0 spiro atoms. The van der Waals surface area contributed by atoms with Crippen LogP contribution in [0.25, 0.3) is 0 Å². The van der Waals surface area contributed by atoms with Crippen LogP contribution >= 0.6 is 0 Å². The number of anilines is 1. The molecule has 6 nitrogen and oxygen atoms in total. The zero-order chi connectivity index (χ0) is 25.1. The summed E-state index contributed by atoms with van der Waals surface area (Å²) in [6, 6.07) is 19.0. The Labute approximate surface area is 215 Å². The van der Waals surface area contributed by atoms with Crippen LogP contribution < -0.4 is 16.0 Å². The third-order valence-corrected chi connectivity index (χ3v) is 8.31. The Balaban J connectivity index is 1.35. The number of carbonyl (C=O) groups excluding carboxylic acids is 2. The summed E-state index contributed by atoms with van der Waals surface area (Å²) in [6.07, 6.45) is 5.71. The van der Waals surface area contributed by atoms with E-state index in [1.54, 1.807) is 0 Å². The van der Waals surface area contributed by atoms with Gasteiger partial charge in [-0.25, -0.2) is 4.79 Å². The summed E-state index contributed by atoms with van der Waals surface area (Å²) in [5.74, 6) is 0.911.